The highest BCUT2D eigenvalue weighted by Crippen LogP contribution is 2.34. The summed E-state index contributed by atoms with van der Waals surface area (Å²) in [5, 5.41) is 0. The predicted molar refractivity (Wildman–Crippen MR) is 113 cm³/mol. The van der Waals surface area contributed by atoms with E-state index in [1.807, 2.05) is 0 Å². The van der Waals surface area contributed by atoms with Crippen molar-refractivity contribution in [2.24, 2.45) is 0 Å². The molecule has 3 aromatic rings. The number of hydrogen-bond acceptors (Lipinski definition) is 4. The van der Waals surface area contributed by atoms with E-state index in [2.05, 4.69) is 4.72 Å². The van der Waals surface area contributed by atoms with Crippen LogP contribution in [0.5, 0.6) is 0 Å². The lowest BCUT2D eigenvalue weighted by molar-refractivity contribution is 0.570. The highest BCUT2D eigenvalue weighted by Gasteiger charge is 2.30. The number of halogens is 2. The zero-order valence-electron chi connectivity index (χ0n) is 16.1. The van der Waals surface area contributed by atoms with Gasteiger partial charge in [0.15, 0.2) is 0 Å². The van der Waals surface area contributed by atoms with Crippen molar-refractivity contribution in [3.8, 4) is 0 Å². The molecule has 162 valence electrons. The van der Waals surface area contributed by atoms with Gasteiger partial charge < -0.3 is 0 Å². The van der Waals surface area contributed by atoms with Gasteiger partial charge in [0.05, 0.1) is 16.3 Å². The molecule has 0 bridgehead atoms. The van der Waals surface area contributed by atoms with Crippen LogP contribution in [0.1, 0.15) is 12.0 Å². The number of sulfonamides is 2. The van der Waals surface area contributed by atoms with Gasteiger partial charge in [-0.2, -0.15) is 0 Å². The van der Waals surface area contributed by atoms with Crippen LogP contribution in [0.4, 0.5) is 20.2 Å². The average molecular weight is 465 g/mol. The lowest BCUT2D eigenvalue weighted by atomic mass is 10.0. The number of anilines is 2. The van der Waals surface area contributed by atoms with Crippen molar-refractivity contribution in [2.75, 3.05) is 15.6 Å². The molecule has 0 spiro atoms. The van der Waals surface area contributed by atoms with E-state index in [4.69, 9.17) is 0 Å². The first-order chi connectivity index (χ1) is 14.7. The zero-order chi connectivity index (χ0) is 22.2. The number of aryl methyl sites for hydroxylation is 1. The van der Waals surface area contributed by atoms with Crippen molar-refractivity contribution in [3.05, 3.63) is 83.9 Å². The molecule has 31 heavy (non-hydrogen) atoms. The molecule has 0 aromatic heterocycles. The highest BCUT2D eigenvalue weighted by atomic mass is 32.2. The van der Waals surface area contributed by atoms with E-state index in [1.165, 1.54) is 40.7 Å². The maximum atomic E-state index is 14.0. The van der Waals surface area contributed by atoms with E-state index in [0.29, 0.717) is 18.5 Å². The fraction of sp³-hybridized carbons (Fsp3) is 0.143. The number of nitrogens with zero attached hydrogens (tertiary/aromatic N) is 1. The van der Waals surface area contributed by atoms with Crippen LogP contribution in [0.15, 0.2) is 76.5 Å². The smallest absolute Gasteiger partial charge is 0.264 e. The van der Waals surface area contributed by atoms with Gasteiger partial charge in [-0.3, -0.25) is 9.03 Å². The number of rotatable bonds is 5. The summed E-state index contributed by atoms with van der Waals surface area (Å²) >= 11 is 0. The fourth-order valence-corrected chi connectivity index (χ4v) is 6.12. The Balaban J connectivity index is 1.72. The molecule has 6 nitrogen and oxygen atoms in total. The molecule has 1 aliphatic heterocycles. The summed E-state index contributed by atoms with van der Waals surface area (Å²) in [6.45, 7) is 0.191. The van der Waals surface area contributed by atoms with Crippen LogP contribution in [-0.2, 0) is 26.5 Å². The Morgan fingerprint density at radius 2 is 1.58 bits per heavy atom. The molecule has 0 unspecified atom stereocenters. The third-order valence-electron chi connectivity index (χ3n) is 4.94. The average Bonchev–Trinajstić information content (AvgIpc) is 2.73. The summed E-state index contributed by atoms with van der Waals surface area (Å²) in [6, 6.07) is 14.0. The quantitative estimate of drug-likeness (QED) is 0.621. The van der Waals surface area contributed by atoms with E-state index in [-0.39, 0.29) is 17.1 Å². The largest absolute Gasteiger partial charge is 0.279 e. The topological polar surface area (TPSA) is 83.6 Å². The molecule has 1 aliphatic rings. The standard InChI is InChI=1S/C21H18F2N2O4S2/c22-16-8-11-18(12-9-16)31(28,29)25-13-3-4-15-7-10-17(14-20(15)25)24-30(26,27)21-6-2-1-5-19(21)23/h1-2,5-12,14,24H,3-4,13H2. The monoisotopic (exact) mass is 464 g/mol. The van der Waals surface area contributed by atoms with Crippen LogP contribution in [0, 0.1) is 11.6 Å². The fourth-order valence-electron chi connectivity index (χ4n) is 3.46. The summed E-state index contributed by atoms with van der Waals surface area (Å²) in [5.74, 6) is -1.45. The maximum Gasteiger partial charge on any atom is 0.264 e. The molecule has 10 heteroatoms. The number of benzene rings is 3. The van der Waals surface area contributed by atoms with Crippen molar-refractivity contribution in [3.63, 3.8) is 0 Å². The van der Waals surface area contributed by atoms with Crippen molar-refractivity contribution in [1.29, 1.82) is 0 Å². The summed E-state index contributed by atoms with van der Waals surface area (Å²) in [6.07, 6.45) is 1.19. The van der Waals surface area contributed by atoms with Gasteiger partial charge in [0.2, 0.25) is 0 Å². The van der Waals surface area contributed by atoms with Gasteiger partial charge in [0.1, 0.15) is 16.5 Å². The van der Waals surface area contributed by atoms with Gasteiger partial charge >= 0.3 is 0 Å². The van der Waals surface area contributed by atoms with Crippen molar-refractivity contribution in [1.82, 2.24) is 0 Å². The molecule has 0 fully saturated rings. The molecule has 1 N–H and O–H groups in total. The van der Waals surface area contributed by atoms with Gasteiger partial charge in [0, 0.05) is 6.54 Å². The van der Waals surface area contributed by atoms with Crippen LogP contribution in [0.3, 0.4) is 0 Å². The highest BCUT2D eigenvalue weighted by molar-refractivity contribution is 7.93. The third kappa shape index (κ3) is 4.13. The minimum absolute atomic E-state index is 0.0703. The van der Waals surface area contributed by atoms with Gasteiger partial charge in [-0.05, 0) is 66.9 Å². The molecular formula is C21H18F2N2O4S2. The van der Waals surface area contributed by atoms with Gasteiger partial charge in [-0.15, -0.1) is 0 Å². The summed E-state index contributed by atoms with van der Waals surface area (Å²) in [7, 11) is -8.20. The second kappa shape index (κ2) is 7.93. The normalized spacial score (nSPS) is 14.2. The van der Waals surface area contributed by atoms with Crippen LogP contribution in [0.2, 0.25) is 0 Å². The molecular weight excluding hydrogens is 446 g/mol. The Kier molecular flexibility index (Phi) is 5.44. The van der Waals surface area contributed by atoms with Crippen molar-refractivity contribution < 1.29 is 25.6 Å². The first kappa shape index (κ1) is 21.3. The molecule has 4 rings (SSSR count). The van der Waals surface area contributed by atoms with Crippen LogP contribution < -0.4 is 9.03 Å². The van der Waals surface area contributed by atoms with E-state index >= 15 is 0 Å². The zero-order valence-corrected chi connectivity index (χ0v) is 17.8. The van der Waals surface area contributed by atoms with Crippen LogP contribution >= 0.6 is 0 Å². The van der Waals surface area contributed by atoms with Crippen molar-refractivity contribution >= 4 is 31.4 Å². The first-order valence-electron chi connectivity index (χ1n) is 9.37. The molecule has 0 amide bonds. The van der Waals surface area contributed by atoms with Crippen LogP contribution in [0.25, 0.3) is 0 Å². The van der Waals surface area contributed by atoms with Gasteiger partial charge in [-0.25, -0.2) is 25.6 Å². The predicted octanol–water partition coefficient (Wildman–Crippen LogP) is 3.91. The second-order valence-electron chi connectivity index (χ2n) is 7.01. The Labute approximate surface area is 179 Å². The first-order valence-corrected chi connectivity index (χ1v) is 12.3. The third-order valence-corrected chi connectivity index (χ3v) is 8.18. The molecule has 1 heterocycles. The summed E-state index contributed by atoms with van der Waals surface area (Å²) < 4.78 is 82.2. The molecule has 0 atom stereocenters. The number of hydrogen-bond donors (Lipinski definition) is 1. The molecule has 3 aromatic carbocycles. The molecule has 0 aliphatic carbocycles. The Hall–Kier alpha value is -2.98. The maximum absolute atomic E-state index is 14.0. The SMILES string of the molecule is O=S(=O)(Nc1ccc2c(c1)N(S(=O)(=O)c1ccc(F)cc1)CCC2)c1ccccc1F. The van der Waals surface area contributed by atoms with Gasteiger partial charge in [-0.1, -0.05) is 18.2 Å². The lowest BCUT2D eigenvalue weighted by Crippen LogP contribution is -2.35. The Morgan fingerprint density at radius 1 is 0.871 bits per heavy atom. The van der Waals surface area contributed by atoms with E-state index in [0.717, 1.165) is 29.8 Å². The summed E-state index contributed by atoms with van der Waals surface area (Å²) in [4.78, 5) is -0.581. The molecule has 0 radical (unpaired) electrons. The van der Waals surface area contributed by atoms with Crippen LogP contribution in [-0.4, -0.2) is 23.4 Å². The summed E-state index contributed by atoms with van der Waals surface area (Å²) in [5.41, 5.74) is 1.15. The van der Waals surface area contributed by atoms with Crippen molar-refractivity contribution in [2.45, 2.75) is 22.6 Å². The Bertz CT molecular complexity index is 1340. The number of nitrogens with one attached hydrogen (secondary N) is 1. The molecule has 0 saturated carbocycles. The van der Waals surface area contributed by atoms with E-state index in [9.17, 15) is 25.6 Å². The molecule has 0 saturated heterocycles. The minimum Gasteiger partial charge on any atom is -0.279 e. The minimum atomic E-state index is -4.22. The lowest BCUT2D eigenvalue weighted by Gasteiger charge is -2.31. The number of fused-ring (bicyclic) bond motifs is 1. The van der Waals surface area contributed by atoms with E-state index < -0.39 is 36.6 Å². The van der Waals surface area contributed by atoms with E-state index in [1.54, 1.807) is 6.07 Å². The Morgan fingerprint density at radius 3 is 2.29 bits per heavy atom. The second-order valence-corrected chi connectivity index (χ2v) is 10.5. The van der Waals surface area contributed by atoms with Gasteiger partial charge in [0.25, 0.3) is 20.0 Å².